The summed E-state index contributed by atoms with van der Waals surface area (Å²) in [6, 6.07) is 10.1. The number of fused-ring (bicyclic) bond motifs is 1. The number of nitrogens with one attached hydrogen (secondary N) is 3. The normalized spacial score (nSPS) is 15.9. The molecule has 0 radical (unpaired) electrons. The van der Waals surface area contributed by atoms with Crippen molar-refractivity contribution < 1.29 is 17.6 Å². The van der Waals surface area contributed by atoms with Crippen LogP contribution in [0.25, 0.3) is 0 Å². The molecular weight excluding hydrogens is 519 g/mol. The monoisotopic (exact) mass is 536 g/mol. The first-order valence-corrected chi connectivity index (χ1v) is 12.5. The Labute approximate surface area is 197 Å². The zero-order chi connectivity index (χ0) is 22.9. The Morgan fingerprint density at radius 2 is 1.97 bits per heavy atom. The summed E-state index contributed by atoms with van der Waals surface area (Å²) in [6.45, 7) is 1.76. The Kier molecular flexibility index (Phi) is 6.31. The van der Waals surface area contributed by atoms with Crippen molar-refractivity contribution in [3.63, 3.8) is 0 Å². The van der Waals surface area contributed by atoms with Gasteiger partial charge < -0.3 is 10.0 Å². The number of allylic oxidation sites excluding steroid dienone is 2. The number of hydrogen-bond donors (Lipinski definition) is 3. The number of benzene rings is 2. The number of carbonyl (C=O) groups is 1. The fraction of sp³-hybridized carbons (Fsp3) is 0.0952. The minimum absolute atomic E-state index is 0.0727. The summed E-state index contributed by atoms with van der Waals surface area (Å²) in [4.78, 5) is 13.1. The van der Waals surface area contributed by atoms with E-state index in [9.17, 15) is 17.6 Å². The molecule has 2 aromatic carbocycles. The van der Waals surface area contributed by atoms with Crippen LogP contribution >= 0.6 is 28.1 Å². The van der Waals surface area contributed by atoms with E-state index < -0.39 is 22.0 Å². The summed E-state index contributed by atoms with van der Waals surface area (Å²) < 4.78 is 47.2. The average molecular weight is 537 g/mol. The van der Waals surface area contributed by atoms with Gasteiger partial charge in [-0.3, -0.25) is 13.8 Å². The van der Waals surface area contributed by atoms with Crippen LogP contribution in [-0.2, 0) is 10.0 Å². The van der Waals surface area contributed by atoms with E-state index in [1.54, 1.807) is 47.9 Å². The molecule has 0 saturated carbocycles. The molecule has 0 aromatic heterocycles. The number of halogens is 2. The van der Waals surface area contributed by atoms with Crippen LogP contribution in [0.2, 0.25) is 0 Å². The molecule has 2 aliphatic rings. The van der Waals surface area contributed by atoms with E-state index in [0.717, 1.165) is 5.56 Å². The van der Waals surface area contributed by atoms with Gasteiger partial charge in [0.2, 0.25) is 0 Å². The van der Waals surface area contributed by atoms with Gasteiger partial charge in [0, 0.05) is 16.9 Å². The number of hydrogen-bond acceptors (Lipinski definition) is 6. The summed E-state index contributed by atoms with van der Waals surface area (Å²) >= 11 is 4.57. The van der Waals surface area contributed by atoms with Gasteiger partial charge in [-0.2, -0.15) is 0 Å². The van der Waals surface area contributed by atoms with Gasteiger partial charge in [-0.1, -0.05) is 28.1 Å². The predicted octanol–water partition coefficient (Wildman–Crippen LogP) is 4.54. The van der Waals surface area contributed by atoms with Crippen molar-refractivity contribution in [1.82, 2.24) is 14.3 Å². The number of sulfonamides is 1. The van der Waals surface area contributed by atoms with E-state index in [1.807, 2.05) is 0 Å². The molecule has 32 heavy (non-hydrogen) atoms. The summed E-state index contributed by atoms with van der Waals surface area (Å²) in [5, 5.41) is 2.82. The minimum Gasteiger partial charge on any atom is -0.345 e. The fourth-order valence-electron chi connectivity index (χ4n) is 3.17. The van der Waals surface area contributed by atoms with Gasteiger partial charge in [0.25, 0.3) is 15.9 Å². The second kappa shape index (κ2) is 9.00. The fourth-order valence-corrected chi connectivity index (χ4v) is 5.51. The lowest BCUT2D eigenvalue weighted by Gasteiger charge is -2.21. The molecule has 1 amide bonds. The van der Waals surface area contributed by atoms with Gasteiger partial charge >= 0.3 is 0 Å². The van der Waals surface area contributed by atoms with Gasteiger partial charge in [-0.25, -0.2) is 12.8 Å². The maximum absolute atomic E-state index is 13.2. The van der Waals surface area contributed by atoms with Crippen LogP contribution < -0.4 is 14.8 Å². The topological polar surface area (TPSA) is 90.5 Å². The molecule has 3 N–H and O–H groups in total. The SMILES string of the molecule is CC(NC(=O)c1ccc(Br)cc1NS(=O)(=O)C1=CC=CN2SNC=C12)c1ccc(F)cc1. The van der Waals surface area contributed by atoms with Crippen LogP contribution in [0.1, 0.15) is 28.9 Å². The van der Waals surface area contributed by atoms with Crippen molar-refractivity contribution >= 4 is 49.7 Å². The Hall–Kier alpha value is -2.76. The van der Waals surface area contributed by atoms with Gasteiger partial charge in [0.05, 0.1) is 35.1 Å². The molecule has 1 unspecified atom stereocenters. The third kappa shape index (κ3) is 4.69. The largest absolute Gasteiger partial charge is 0.345 e. The second-order valence-corrected chi connectivity index (χ2v) is 10.4. The summed E-state index contributed by atoms with van der Waals surface area (Å²) in [7, 11) is -3.99. The van der Waals surface area contributed by atoms with Crippen molar-refractivity contribution in [3.8, 4) is 0 Å². The maximum atomic E-state index is 13.2. The third-order valence-electron chi connectivity index (χ3n) is 4.78. The number of anilines is 1. The quantitative estimate of drug-likeness (QED) is 0.469. The standard InChI is InChI=1S/C21H18BrFN4O3S2/c1-13(14-4-7-16(23)8-5-14)25-21(28)17-9-6-15(22)11-18(17)26-32(29,30)20-3-2-10-27-19(20)12-24-31-27/h2-13,24,26H,1H3,(H,25,28). The first kappa shape index (κ1) is 22.4. The average Bonchev–Trinajstić information content (AvgIpc) is 3.22. The van der Waals surface area contributed by atoms with Crippen molar-refractivity contribution in [2.45, 2.75) is 13.0 Å². The molecule has 0 fully saturated rings. The second-order valence-electron chi connectivity index (χ2n) is 6.98. The molecule has 2 heterocycles. The van der Waals surface area contributed by atoms with E-state index in [-0.39, 0.29) is 22.0 Å². The van der Waals surface area contributed by atoms with E-state index in [4.69, 9.17) is 0 Å². The predicted molar refractivity (Wildman–Crippen MR) is 127 cm³/mol. The Bertz CT molecular complexity index is 1260. The van der Waals surface area contributed by atoms with Crippen LogP contribution in [0.4, 0.5) is 10.1 Å². The molecule has 0 spiro atoms. The molecule has 166 valence electrons. The highest BCUT2D eigenvalue weighted by Crippen LogP contribution is 2.34. The van der Waals surface area contributed by atoms with Gasteiger partial charge in [0.1, 0.15) is 10.7 Å². The Balaban J connectivity index is 1.59. The zero-order valence-electron chi connectivity index (χ0n) is 16.7. The van der Waals surface area contributed by atoms with Crippen LogP contribution in [0.15, 0.2) is 82.1 Å². The lowest BCUT2D eigenvalue weighted by Crippen LogP contribution is -2.28. The van der Waals surface area contributed by atoms with E-state index in [2.05, 4.69) is 30.7 Å². The van der Waals surface area contributed by atoms with Crippen molar-refractivity contribution in [2.75, 3.05) is 4.72 Å². The first-order valence-electron chi connectivity index (χ1n) is 9.44. The lowest BCUT2D eigenvalue weighted by atomic mass is 10.1. The van der Waals surface area contributed by atoms with Gasteiger partial charge in [0.15, 0.2) is 0 Å². The van der Waals surface area contributed by atoms with E-state index >= 15 is 0 Å². The smallest absolute Gasteiger partial charge is 0.264 e. The molecule has 0 saturated heterocycles. The highest BCUT2D eigenvalue weighted by atomic mass is 79.9. The molecule has 0 aliphatic carbocycles. The van der Waals surface area contributed by atoms with E-state index in [1.165, 1.54) is 42.5 Å². The first-order chi connectivity index (χ1) is 15.2. The number of rotatable bonds is 6. The van der Waals surface area contributed by atoms with Crippen molar-refractivity contribution in [1.29, 1.82) is 0 Å². The van der Waals surface area contributed by atoms with Crippen molar-refractivity contribution in [2.24, 2.45) is 0 Å². The minimum atomic E-state index is -3.99. The highest BCUT2D eigenvalue weighted by molar-refractivity contribution is 9.10. The third-order valence-corrected chi connectivity index (χ3v) is 7.43. The molecule has 0 bridgehead atoms. The van der Waals surface area contributed by atoms with Crippen molar-refractivity contribution in [3.05, 3.63) is 99.0 Å². The Morgan fingerprint density at radius 3 is 2.72 bits per heavy atom. The molecule has 2 aromatic rings. The lowest BCUT2D eigenvalue weighted by molar-refractivity contribution is 0.0941. The highest BCUT2D eigenvalue weighted by Gasteiger charge is 2.30. The Morgan fingerprint density at radius 1 is 1.22 bits per heavy atom. The summed E-state index contributed by atoms with van der Waals surface area (Å²) in [5.41, 5.74) is 1.49. The zero-order valence-corrected chi connectivity index (χ0v) is 19.9. The van der Waals surface area contributed by atoms with Gasteiger partial charge in [-0.15, -0.1) is 0 Å². The molecule has 7 nitrogen and oxygen atoms in total. The number of nitrogens with zero attached hydrogens (tertiary/aromatic N) is 1. The van der Waals surface area contributed by atoms with E-state index in [0.29, 0.717) is 10.2 Å². The molecule has 2 aliphatic heterocycles. The molecule has 11 heteroatoms. The van der Waals surface area contributed by atoms with Crippen LogP contribution in [0, 0.1) is 5.82 Å². The number of amides is 1. The summed E-state index contributed by atoms with van der Waals surface area (Å²) in [5.74, 6) is -0.836. The molecular formula is C21H18BrFN4O3S2. The van der Waals surface area contributed by atoms with Crippen LogP contribution in [-0.4, -0.2) is 18.6 Å². The summed E-state index contributed by atoms with van der Waals surface area (Å²) in [6.07, 6.45) is 6.46. The molecule has 4 rings (SSSR count). The molecule has 1 atom stereocenters. The van der Waals surface area contributed by atoms with Crippen LogP contribution in [0.5, 0.6) is 0 Å². The van der Waals surface area contributed by atoms with Gasteiger partial charge in [-0.05, 0) is 55.0 Å². The van der Waals surface area contributed by atoms with Crippen LogP contribution in [0.3, 0.4) is 0 Å². The maximum Gasteiger partial charge on any atom is 0.264 e. The number of carbonyl (C=O) groups excluding carboxylic acids is 1.